The summed E-state index contributed by atoms with van der Waals surface area (Å²) in [5, 5.41) is 3.96. The van der Waals surface area contributed by atoms with E-state index in [9.17, 15) is 4.79 Å². The van der Waals surface area contributed by atoms with Crippen LogP contribution in [0.2, 0.25) is 5.02 Å². The Balaban J connectivity index is 2.16. The molecule has 1 fully saturated rings. The lowest BCUT2D eigenvalue weighted by Crippen LogP contribution is -2.55. The third kappa shape index (κ3) is 3.69. The van der Waals surface area contributed by atoms with Crippen LogP contribution in [0.1, 0.15) is 26.2 Å². The number of carbonyl (C=O) groups excluding carboxylic acids is 1. The van der Waals surface area contributed by atoms with Crippen LogP contribution >= 0.6 is 11.6 Å². The molecule has 21 heavy (non-hydrogen) atoms. The van der Waals surface area contributed by atoms with Crippen molar-refractivity contribution < 1.29 is 9.53 Å². The van der Waals surface area contributed by atoms with Gasteiger partial charge in [0.2, 0.25) is 0 Å². The lowest BCUT2D eigenvalue weighted by atomic mass is 9.87. The first kappa shape index (κ1) is 16.1. The van der Waals surface area contributed by atoms with Crippen molar-refractivity contribution in [3.05, 3.63) is 29.3 Å². The number of rotatable bonds is 5. The van der Waals surface area contributed by atoms with Crippen molar-refractivity contribution in [1.82, 2.24) is 4.90 Å². The Morgan fingerprint density at radius 1 is 1.38 bits per heavy atom. The lowest BCUT2D eigenvalue weighted by molar-refractivity contribution is -0.147. The average Bonchev–Trinajstić information content (AvgIpc) is 2.51. The summed E-state index contributed by atoms with van der Waals surface area (Å²) in [6.45, 7) is 5.02. The molecule has 0 bridgehead atoms. The summed E-state index contributed by atoms with van der Waals surface area (Å²) in [4.78, 5) is 14.7. The van der Waals surface area contributed by atoms with Crippen molar-refractivity contribution in [2.24, 2.45) is 0 Å². The monoisotopic (exact) mass is 310 g/mol. The predicted molar refractivity (Wildman–Crippen MR) is 85.8 cm³/mol. The number of nitrogens with one attached hydrogen (secondary N) is 1. The largest absolute Gasteiger partial charge is 0.467 e. The van der Waals surface area contributed by atoms with Gasteiger partial charge in [-0.2, -0.15) is 0 Å². The number of halogens is 1. The van der Waals surface area contributed by atoms with Crippen molar-refractivity contribution in [2.45, 2.75) is 31.7 Å². The van der Waals surface area contributed by atoms with Gasteiger partial charge in [-0.05, 0) is 37.9 Å². The van der Waals surface area contributed by atoms with Crippen molar-refractivity contribution in [3.8, 4) is 0 Å². The summed E-state index contributed by atoms with van der Waals surface area (Å²) in [5.41, 5.74) is 0.109. The van der Waals surface area contributed by atoms with E-state index in [0.717, 1.165) is 44.6 Å². The van der Waals surface area contributed by atoms with Crippen LogP contribution in [0.25, 0.3) is 0 Å². The van der Waals surface area contributed by atoms with Crippen molar-refractivity contribution >= 4 is 23.3 Å². The minimum absolute atomic E-state index is 0.210. The zero-order chi connectivity index (χ0) is 15.3. The first-order chi connectivity index (χ1) is 10.1. The summed E-state index contributed by atoms with van der Waals surface area (Å²) in [6, 6.07) is 7.50. The summed E-state index contributed by atoms with van der Waals surface area (Å²) in [5.74, 6) is -0.210. The second kappa shape index (κ2) is 7.14. The van der Waals surface area contributed by atoms with Crippen LogP contribution in [0.15, 0.2) is 24.3 Å². The molecule has 0 atom stereocenters. The Hall–Kier alpha value is -1.26. The number of benzene rings is 1. The Bertz CT molecular complexity index is 485. The van der Waals surface area contributed by atoms with Crippen molar-refractivity contribution in [3.63, 3.8) is 0 Å². The number of ether oxygens (including phenoxy) is 1. The predicted octanol–water partition coefficient (Wildman–Crippen LogP) is 3.17. The number of methoxy groups -OCH3 is 1. The highest BCUT2D eigenvalue weighted by Crippen LogP contribution is 2.31. The molecule has 4 nitrogen and oxygen atoms in total. The highest BCUT2D eigenvalue weighted by molar-refractivity contribution is 6.33. The lowest BCUT2D eigenvalue weighted by Gasteiger charge is -2.40. The quantitative estimate of drug-likeness (QED) is 0.848. The Morgan fingerprint density at radius 2 is 2.05 bits per heavy atom. The maximum atomic E-state index is 12.3. The van der Waals surface area contributed by atoms with E-state index >= 15 is 0 Å². The minimum atomic E-state index is -0.677. The number of hydrogen-bond acceptors (Lipinski definition) is 4. The van der Waals surface area contributed by atoms with Gasteiger partial charge in [-0.3, -0.25) is 0 Å². The fourth-order valence-electron chi connectivity index (χ4n) is 2.87. The zero-order valence-electron chi connectivity index (χ0n) is 12.7. The summed E-state index contributed by atoms with van der Waals surface area (Å²) >= 11 is 6.21. The number of likely N-dealkylation sites (tertiary alicyclic amines) is 1. The van der Waals surface area contributed by atoms with E-state index in [4.69, 9.17) is 16.3 Å². The summed E-state index contributed by atoms with van der Waals surface area (Å²) in [7, 11) is 1.44. The van der Waals surface area contributed by atoms with Gasteiger partial charge in [-0.1, -0.05) is 30.7 Å². The Kier molecular flexibility index (Phi) is 5.48. The fraction of sp³-hybridized carbons (Fsp3) is 0.562. The maximum Gasteiger partial charge on any atom is 0.331 e. The van der Waals surface area contributed by atoms with Crippen LogP contribution in [0.4, 0.5) is 5.69 Å². The van der Waals surface area contributed by atoms with Gasteiger partial charge in [0, 0.05) is 13.1 Å². The summed E-state index contributed by atoms with van der Waals surface area (Å²) < 4.78 is 5.04. The van der Waals surface area contributed by atoms with Gasteiger partial charge in [-0.25, -0.2) is 4.79 Å². The standard InChI is InChI=1S/C16H23ClN2O2/c1-3-10-19-11-8-16(9-12-19,15(20)21-2)18-14-7-5-4-6-13(14)17/h4-7,18H,3,8-12H2,1-2H3. The van der Waals surface area contributed by atoms with Gasteiger partial charge in [0.15, 0.2) is 0 Å². The molecule has 1 aliphatic heterocycles. The van der Waals surface area contributed by atoms with Gasteiger partial charge in [0.25, 0.3) is 0 Å². The van der Waals surface area contributed by atoms with E-state index in [1.807, 2.05) is 24.3 Å². The van der Waals surface area contributed by atoms with Crippen molar-refractivity contribution in [2.75, 3.05) is 32.1 Å². The highest BCUT2D eigenvalue weighted by atomic mass is 35.5. The molecule has 0 amide bonds. The van der Waals surface area contributed by atoms with E-state index in [2.05, 4.69) is 17.1 Å². The van der Waals surface area contributed by atoms with Gasteiger partial charge in [-0.15, -0.1) is 0 Å². The third-order valence-electron chi connectivity index (χ3n) is 4.07. The molecule has 0 radical (unpaired) electrons. The second-order valence-electron chi connectivity index (χ2n) is 5.52. The molecule has 0 saturated carbocycles. The number of anilines is 1. The Morgan fingerprint density at radius 3 is 2.62 bits per heavy atom. The Labute approximate surface area is 131 Å². The SMILES string of the molecule is CCCN1CCC(Nc2ccccc2Cl)(C(=O)OC)CC1. The van der Waals surface area contributed by atoms with E-state index in [1.54, 1.807) is 0 Å². The molecular formula is C16H23ClN2O2. The molecule has 1 N–H and O–H groups in total. The average molecular weight is 311 g/mol. The van der Waals surface area contributed by atoms with E-state index in [-0.39, 0.29) is 5.97 Å². The first-order valence-corrected chi connectivity index (χ1v) is 7.82. The molecule has 0 aromatic heterocycles. The highest BCUT2D eigenvalue weighted by Gasteiger charge is 2.42. The molecule has 5 heteroatoms. The van der Waals surface area contributed by atoms with Crippen LogP contribution in [0.5, 0.6) is 0 Å². The molecule has 1 heterocycles. The normalized spacial score (nSPS) is 18.2. The number of carbonyl (C=O) groups is 1. The number of esters is 1. The van der Waals surface area contributed by atoms with E-state index in [1.165, 1.54) is 7.11 Å². The molecule has 0 aliphatic carbocycles. The van der Waals surface area contributed by atoms with Gasteiger partial charge < -0.3 is 15.0 Å². The summed E-state index contributed by atoms with van der Waals surface area (Å²) in [6.07, 6.45) is 2.58. The number of nitrogens with zero attached hydrogens (tertiary/aromatic N) is 1. The van der Waals surface area contributed by atoms with Crippen molar-refractivity contribution in [1.29, 1.82) is 0 Å². The third-order valence-corrected chi connectivity index (χ3v) is 4.40. The van der Waals surface area contributed by atoms with Crippen LogP contribution in [-0.4, -0.2) is 43.2 Å². The van der Waals surface area contributed by atoms with Crippen LogP contribution in [0.3, 0.4) is 0 Å². The molecular weight excluding hydrogens is 288 g/mol. The number of para-hydroxylation sites is 1. The molecule has 1 aromatic carbocycles. The smallest absolute Gasteiger partial charge is 0.331 e. The minimum Gasteiger partial charge on any atom is -0.467 e. The molecule has 1 saturated heterocycles. The molecule has 1 aliphatic rings. The van der Waals surface area contributed by atoms with Gasteiger partial charge >= 0.3 is 5.97 Å². The molecule has 116 valence electrons. The number of piperidine rings is 1. The second-order valence-corrected chi connectivity index (χ2v) is 5.93. The van der Waals surface area contributed by atoms with E-state index < -0.39 is 5.54 Å². The molecule has 1 aromatic rings. The maximum absolute atomic E-state index is 12.3. The topological polar surface area (TPSA) is 41.6 Å². The van der Waals surface area contributed by atoms with Crippen LogP contribution in [-0.2, 0) is 9.53 Å². The molecule has 0 unspecified atom stereocenters. The fourth-order valence-corrected chi connectivity index (χ4v) is 3.05. The molecule has 0 spiro atoms. The van der Waals surface area contributed by atoms with Gasteiger partial charge in [0.1, 0.15) is 5.54 Å². The molecule has 2 rings (SSSR count). The zero-order valence-corrected chi connectivity index (χ0v) is 13.4. The number of hydrogen-bond donors (Lipinski definition) is 1. The first-order valence-electron chi connectivity index (χ1n) is 7.45. The van der Waals surface area contributed by atoms with Crippen LogP contribution < -0.4 is 5.32 Å². The van der Waals surface area contributed by atoms with E-state index in [0.29, 0.717) is 5.02 Å². The van der Waals surface area contributed by atoms with Gasteiger partial charge in [0.05, 0.1) is 17.8 Å². The van der Waals surface area contributed by atoms with Crippen LogP contribution in [0, 0.1) is 0 Å².